The van der Waals surface area contributed by atoms with Crippen LogP contribution in [0.5, 0.6) is 0 Å². The molecule has 0 bridgehead atoms. The molecule has 1 aromatic carbocycles. The maximum atomic E-state index is 13.8. The fourth-order valence-electron chi connectivity index (χ4n) is 3.25. The zero-order chi connectivity index (χ0) is 18.7. The molecular formula is C19H23F2N3O2. The predicted molar refractivity (Wildman–Crippen MR) is 91.5 cm³/mol. The molecule has 0 saturated carbocycles. The molecule has 0 spiro atoms. The molecule has 7 heteroatoms. The Hall–Kier alpha value is -2.15. The van der Waals surface area contributed by atoms with Crippen molar-refractivity contribution >= 4 is 5.78 Å². The van der Waals surface area contributed by atoms with Crippen LogP contribution in [0.2, 0.25) is 0 Å². The lowest BCUT2D eigenvalue weighted by Crippen LogP contribution is -2.36. The molecule has 0 unspecified atom stereocenters. The first-order valence-electron chi connectivity index (χ1n) is 8.95. The number of benzene rings is 1. The van der Waals surface area contributed by atoms with Crippen LogP contribution in [0.25, 0.3) is 0 Å². The Labute approximate surface area is 151 Å². The van der Waals surface area contributed by atoms with Crippen molar-refractivity contribution in [2.75, 3.05) is 13.1 Å². The van der Waals surface area contributed by atoms with E-state index >= 15 is 0 Å². The molecule has 1 aromatic heterocycles. The summed E-state index contributed by atoms with van der Waals surface area (Å²) in [6.07, 6.45) is 1.98. The molecule has 1 aliphatic heterocycles. The van der Waals surface area contributed by atoms with Crippen molar-refractivity contribution in [3.05, 3.63) is 47.1 Å². The monoisotopic (exact) mass is 363 g/mol. The van der Waals surface area contributed by atoms with Gasteiger partial charge in [0, 0.05) is 12.3 Å². The highest BCUT2D eigenvalue weighted by atomic mass is 19.1. The fourth-order valence-corrected chi connectivity index (χ4v) is 3.25. The molecule has 0 aliphatic carbocycles. The van der Waals surface area contributed by atoms with Gasteiger partial charge in [-0.15, -0.1) is 0 Å². The SMILES string of the molecule is CC(C)Cc1noc(CN2CCC(C(=O)c3cc(F)ccc3F)CC2)n1. The average Bonchev–Trinajstić information content (AvgIpc) is 3.03. The molecule has 2 heterocycles. The lowest BCUT2D eigenvalue weighted by molar-refractivity contribution is 0.0820. The minimum Gasteiger partial charge on any atom is -0.338 e. The first-order chi connectivity index (χ1) is 12.4. The summed E-state index contributed by atoms with van der Waals surface area (Å²) in [7, 11) is 0. The summed E-state index contributed by atoms with van der Waals surface area (Å²) in [6.45, 7) is 6.09. The largest absolute Gasteiger partial charge is 0.338 e. The van der Waals surface area contributed by atoms with Crippen LogP contribution < -0.4 is 0 Å². The number of likely N-dealkylation sites (tertiary alicyclic amines) is 1. The lowest BCUT2D eigenvalue weighted by Gasteiger charge is -2.30. The molecule has 5 nitrogen and oxygen atoms in total. The van der Waals surface area contributed by atoms with E-state index in [1.165, 1.54) is 0 Å². The molecule has 1 fully saturated rings. The summed E-state index contributed by atoms with van der Waals surface area (Å²) < 4.78 is 32.4. The molecule has 3 rings (SSSR count). The Bertz CT molecular complexity index is 768. The van der Waals surface area contributed by atoms with Crippen molar-refractivity contribution in [1.29, 1.82) is 0 Å². The first kappa shape index (κ1) is 18.6. The third-order valence-corrected chi connectivity index (χ3v) is 4.61. The van der Waals surface area contributed by atoms with Crippen LogP contribution in [0.1, 0.15) is 48.8 Å². The number of halogens is 2. The third-order valence-electron chi connectivity index (χ3n) is 4.61. The number of ketones is 1. The van der Waals surface area contributed by atoms with Gasteiger partial charge in [-0.3, -0.25) is 9.69 Å². The highest BCUT2D eigenvalue weighted by molar-refractivity contribution is 5.98. The van der Waals surface area contributed by atoms with Crippen LogP contribution >= 0.6 is 0 Å². The highest BCUT2D eigenvalue weighted by Crippen LogP contribution is 2.24. The molecule has 0 N–H and O–H groups in total. The Morgan fingerprint density at radius 3 is 2.73 bits per heavy atom. The number of carbonyl (C=O) groups excluding carboxylic acids is 1. The number of hydrogen-bond acceptors (Lipinski definition) is 5. The van der Waals surface area contributed by atoms with E-state index < -0.39 is 11.6 Å². The minimum absolute atomic E-state index is 0.154. The Morgan fingerprint density at radius 1 is 1.31 bits per heavy atom. The van der Waals surface area contributed by atoms with Crippen LogP contribution in [0, 0.1) is 23.5 Å². The van der Waals surface area contributed by atoms with E-state index in [4.69, 9.17) is 4.52 Å². The number of rotatable bonds is 6. The van der Waals surface area contributed by atoms with Gasteiger partial charge in [0.15, 0.2) is 11.6 Å². The molecule has 2 aromatic rings. The van der Waals surface area contributed by atoms with Gasteiger partial charge in [-0.05, 0) is 50.0 Å². The number of nitrogens with zero attached hydrogens (tertiary/aromatic N) is 3. The smallest absolute Gasteiger partial charge is 0.240 e. The number of aromatic nitrogens is 2. The van der Waals surface area contributed by atoms with Crippen LogP contribution in [0.4, 0.5) is 8.78 Å². The quantitative estimate of drug-likeness (QED) is 0.734. The number of carbonyl (C=O) groups is 1. The van der Waals surface area contributed by atoms with E-state index in [1.54, 1.807) is 0 Å². The van der Waals surface area contributed by atoms with E-state index in [-0.39, 0.29) is 17.3 Å². The summed E-state index contributed by atoms with van der Waals surface area (Å²) in [4.78, 5) is 19.0. The summed E-state index contributed by atoms with van der Waals surface area (Å²) in [5.41, 5.74) is -0.154. The van der Waals surface area contributed by atoms with E-state index in [0.717, 1.165) is 24.6 Å². The van der Waals surface area contributed by atoms with E-state index in [0.29, 0.717) is 50.1 Å². The molecular weight excluding hydrogens is 340 g/mol. The van der Waals surface area contributed by atoms with Gasteiger partial charge < -0.3 is 4.52 Å². The summed E-state index contributed by atoms with van der Waals surface area (Å²) in [6, 6.07) is 3.01. The van der Waals surface area contributed by atoms with Crippen LogP contribution in [0.15, 0.2) is 22.7 Å². The standard InChI is InChI=1S/C19H23F2N3O2/c1-12(2)9-17-22-18(26-23-17)11-24-7-5-13(6-8-24)19(25)15-10-14(20)3-4-16(15)21/h3-4,10,12-13H,5-9,11H2,1-2H3. The van der Waals surface area contributed by atoms with E-state index in [2.05, 4.69) is 28.9 Å². The van der Waals surface area contributed by atoms with Crippen molar-refractivity contribution in [3.8, 4) is 0 Å². The molecule has 0 radical (unpaired) electrons. The van der Waals surface area contributed by atoms with Gasteiger partial charge in [-0.25, -0.2) is 8.78 Å². The first-order valence-corrected chi connectivity index (χ1v) is 8.95. The van der Waals surface area contributed by atoms with Gasteiger partial charge in [0.05, 0.1) is 12.1 Å². The maximum absolute atomic E-state index is 13.8. The zero-order valence-corrected chi connectivity index (χ0v) is 15.0. The molecule has 1 saturated heterocycles. The normalized spacial score (nSPS) is 16.3. The molecule has 26 heavy (non-hydrogen) atoms. The van der Waals surface area contributed by atoms with Crippen molar-refractivity contribution < 1.29 is 18.1 Å². The van der Waals surface area contributed by atoms with Gasteiger partial charge in [-0.2, -0.15) is 4.98 Å². The highest BCUT2D eigenvalue weighted by Gasteiger charge is 2.28. The van der Waals surface area contributed by atoms with E-state index in [9.17, 15) is 13.6 Å². The van der Waals surface area contributed by atoms with Crippen molar-refractivity contribution in [2.45, 2.75) is 39.7 Å². The van der Waals surface area contributed by atoms with Crippen molar-refractivity contribution in [3.63, 3.8) is 0 Å². The van der Waals surface area contributed by atoms with Crippen molar-refractivity contribution in [1.82, 2.24) is 15.0 Å². The van der Waals surface area contributed by atoms with E-state index in [1.807, 2.05) is 0 Å². The average molecular weight is 363 g/mol. The summed E-state index contributed by atoms with van der Waals surface area (Å²) in [5, 5.41) is 3.98. The second-order valence-electron chi connectivity index (χ2n) is 7.24. The van der Waals surface area contributed by atoms with Gasteiger partial charge in [0.1, 0.15) is 11.6 Å². The van der Waals surface area contributed by atoms with Crippen LogP contribution in [-0.4, -0.2) is 33.9 Å². The maximum Gasteiger partial charge on any atom is 0.240 e. The van der Waals surface area contributed by atoms with Gasteiger partial charge >= 0.3 is 0 Å². The van der Waals surface area contributed by atoms with Crippen LogP contribution in [-0.2, 0) is 13.0 Å². The number of piperidine rings is 1. The number of Topliss-reactive ketones (excluding diaryl/α,β-unsaturated/α-hetero) is 1. The Kier molecular flexibility index (Phi) is 5.76. The zero-order valence-electron chi connectivity index (χ0n) is 15.0. The molecule has 140 valence electrons. The number of hydrogen-bond donors (Lipinski definition) is 0. The fraction of sp³-hybridized carbons (Fsp3) is 0.526. The van der Waals surface area contributed by atoms with Crippen molar-refractivity contribution in [2.24, 2.45) is 11.8 Å². The second-order valence-corrected chi connectivity index (χ2v) is 7.24. The molecule has 0 atom stereocenters. The van der Waals surface area contributed by atoms with Crippen LogP contribution in [0.3, 0.4) is 0 Å². The molecule has 0 amide bonds. The third kappa shape index (κ3) is 4.52. The predicted octanol–water partition coefficient (Wildman–Crippen LogP) is 3.64. The Morgan fingerprint density at radius 2 is 2.04 bits per heavy atom. The van der Waals surface area contributed by atoms with Gasteiger partial charge in [0.2, 0.25) is 5.89 Å². The summed E-state index contributed by atoms with van der Waals surface area (Å²) >= 11 is 0. The second kappa shape index (κ2) is 8.03. The Balaban J connectivity index is 1.55. The minimum atomic E-state index is -0.664. The lowest BCUT2D eigenvalue weighted by atomic mass is 9.88. The summed E-state index contributed by atoms with van der Waals surface area (Å²) in [5.74, 6) is -0.128. The molecule has 1 aliphatic rings. The van der Waals surface area contributed by atoms with Gasteiger partial charge in [0.25, 0.3) is 0 Å². The van der Waals surface area contributed by atoms with Gasteiger partial charge in [-0.1, -0.05) is 19.0 Å². The topological polar surface area (TPSA) is 59.2 Å².